The van der Waals surface area contributed by atoms with E-state index in [2.05, 4.69) is 5.32 Å². The number of nitrogens with zero attached hydrogens (tertiary/aromatic N) is 2. The Kier molecular flexibility index (Phi) is 5.44. The molecule has 1 aliphatic heterocycles. The van der Waals surface area contributed by atoms with E-state index in [-0.39, 0.29) is 18.0 Å². The fourth-order valence-electron chi connectivity index (χ4n) is 3.12. The molecule has 0 radical (unpaired) electrons. The summed E-state index contributed by atoms with van der Waals surface area (Å²) in [5.74, 6) is -1.50. The molecule has 2 aromatic rings. The molecule has 1 fully saturated rings. The van der Waals surface area contributed by atoms with E-state index >= 15 is 0 Å². The second-order valence-electron chi connectivity index (χ2n) is 6.30. The summed E-state index contributed by atoms with van der Waals surface area (Å²) in [5, 5.41) is 13.9. The molecule has 1 atom stereocenters. The van der Waals surface area contributed by atoms with Crippen LogP contribution in [0.2, 0.25) is 0 Å². The van der Waals surface area contributed by atoms with Gasteiger partial charge in [-0.1, -0.05) is 30.3 Å². The Labute approximate surface area is 154 Å². The average Bonchev–Trinajstić information content (AvgIpc) is 3.06. The highest BCUT2D eigenvalue weighted by atomic mass is 19.1. The van der Waals surface area contributed by atoms with Crippen LogP contribution in [0.3, 0.4) is 0 Å². The first-order valence-electron chi connectivity index (χ1n) is 8.53. The summed E-state index contributed by atoms with van der Waals surface area (Å²) in [6.45, 7) is 0.843. The van der Waals surface area contributed by atoms with Gasteiger partial charge in [0.15, 0.2) is 0 Å². The first-order chi connectivity index (χ1) is 13.0. The maximum absolute atomic E-state index is 13.6. The van der Waals surface area contributed by atoms with Gasteiger partial charge < -0.3 is 10.2 Å². The van der Waals surface area contributed by atoms with Crippen LogP contribution in [0.5, 0.6) is 0 Å². The highest BCUT2D eigenvalue weighted by molar-refractivity contribution is 5.98. The number of hydrogen-bond donors (Lipinski definition) is 1. The Morgan fingerprint density at radius 1 is 1.26 bits per heavy atom. The fourth-order valence-corrected chi connectivity index (χ4v) is 3.12. The van der Waals surface area contributed by atoms with Crippen LogP contribution in [0.25, 0.3) is 0 Å². The molecule has 0 saturated carbocycles. The van der Waals surface area contributed by atoms with Gasteiger partial charge in [0.1, 0.15) is 11.4 Å². The number of rotatable bonds is 6. The van der Waals surface area contributed by atoms with Gasteiger partial charge in [0.25, 0.3) is 11.6 Å². The zero-order valence-electron chi connectivity index (χ0n) is 14.4. The minimum absolute atomic E-state index is 0.00177. The molecule has 0 aliphatic carbocycles. The van der Waals surface area contributed by atoms with E-state index in [1.54, 1.807) is 29.2 Å². The van der Waals surface area contributed by atoms with Gasteiger partial charge in [-0.05, 0) is 24.1 Å². The Morgan fingerprint density at radius 3 is 2.63 bits per heavy atom. The lowest BCUT2D eigenvalue weighted by Gasteiger charge is -2.25. The number of benzene rings is 2. The molecule has 140 valence electrons. The van der Waals surface area contributed by atoms with Crippen molar-refractivity contribution < 1.29 is 18.9 Å². The smallest absolute Gasteiger partial charge is 0.282 e. The molecule has 27 heavy (non-hydrogen) atoms. The average molecular weight is 371 g/mol. The van der Waals surface area contributed by atoms with E-state index < -0.39 is 28.4 Å². The minimum Gasteiger partial charge on any atom is -0.343 e. The largest absolute Gasteiger partial charge is 0.343 e. The molecule has 3 rings (SSSR count). The molecular formula is C19H18FN3O4. The Balaban J connectivity index is 1.88. The van der Waals surface area contributed by atoms with E-state index in [9.17, 15) is 24.1 Å². The third-order valence-electron chi connectivity index (χ3n) is 4.48. The molecule has 7 nitrogen and oxygen atoms in total. The number of halogens is 1. The van der Waals surface area contributed by atoms with Crippen molar-refractivity contribution in [3.8, 4) is 0 Å². The molecule has 2 amide bonds. The zero-order chi connectivity index (χ0) is 19.4. The van der Waals surface area contributed by atoms with Gasteiger partial charge in [-0.25, -0.2) is 4.39 Å². The Hall–Kier alpha value is -3.29. The van der Waals surface area contributed by atoms with E-state index in [1.165, 1.54) is 0 Å². The summed E-state index contributed by atoms with van der Waals surface area (Å²) in [5.41, 5.74) is -0.0729. The Bertz CT molecular complexity index is 873. The van der Waals surface area contributed by atoms with Crippen LogP contribution >= 0.6 is 0 Å². The summed E-state index contributed by atoms with van der Waals surface area (Å²) >= 11 is 0. The van der Waals surface area contributed by atoms with Gasteiger partial charge in [-0.15, -0.1) is 0 Å². The van der Waals surface area contributed by atoms with Crippen molar-refractivity contribution in [2.75, 3.05) is 13.1 Å². The Morgan fingerprint density at radius 2 is 2.00 bits per heavy atom. The van der Waals surface area contributed by atoms with Gasteiger partial charge in [0.2, 0.25) is 5.91 Å². The number of nitro benzene ring substituents is 1. The van der Waals surface area contributed by atoms with Crippen LogP contribution in [-0.2, 0) is 4.79 Å². The molecule has 1 aliphatic rings. The second kappa shape index (κ2) is 7.94. The lowest BCUT2D eigenvalue weighted by atomic mass is 10.0. The van der Waals surface area contributed by atoms with Crippen molar-refractivity contribution in [1.82, 2.24) is 10.2 Å². The van der Waals surface area contributed by atoms with E-state index in [4.69, 9.17) is 0 Å². The number of nitro groups is 1. The van der Waals surface area contributed by atoms with Crippen molar-refractivity contribution in [1.29, 1.82) is 0 Å². The third-order valence-corrected chi connectivity index (χ3v) is 4.48. The maximum Gasteiger partial charge on any atom is 0.282 e. The summed E-state index contributed by atoms with van der Waals surface area (Å²) in [7, 11) is 0. The summed E-state index contributed by atoms with van der Waals surface area (Å²) in [6, 6.07) is 11.2. The molecule has 1 heterocycles. The fraction of sp³-hybridized carbons (Fsp3) is 0.263. The number of carbonyl (C=O) groups excluding carboxylic acids is 2. The highest BCUT2D eigenvalue weighted by Gasteiger charge is 2.28. The first-order valence-corrected chi connectivity index (χ1v) is 8.53. The lowest BCUT2D eigenvalue weighted by molar-refractivity contribution is -0.385. The minimum atomic E-state index is -0.762. The van der Waals surface area contributed by atoms with Crippen molar-refractivity contribution in [2.45, 2.75) is 18.9 Å². The first kappa shape index (κ1) is 18.5. The summed E-state index contributed by atoms with van der Waals surface area (Å²) in [4.78, 5) is 36.7. The predicted octanol–water partition coefficient (Wildman–Crippen LogP) is 2.83. The standard InChI is InChI=1S/C19H18FN3O4/c20-14-8-9-17(23(26)27)15(11-14)19(25)21-16(13-5-2-1-3-6-13)12-22-10-4-7-18(22)24/h1-3,5-6,8-9,11,16H,4,7,10,12H2,(H,21,25)/t16-/m1/s1. The lowest BCUT2D eigenvalue weighted by Crippen LogP contribution is -2.38. The number of amides is 2. The van der Waals surface area contributed by atoms with Crippen LogP contribution in [0.15, 0.2) is 48.5 Å². The monoisotopic (exact) mass is 371 g/mol. The van der Waals surface area contributed by atoms with Gasteiger partial charge in [-0.2, -0.15) is 0 Å². The number of hydrogen-bond acceptors (Lipinski definition) is 4. The number of carbonyl (C=O) groups is 2. The van der Waals surface area contributed by atoms with Crippen molar-refractivity contribution in [2.24, 2.45) is 0 Å². The molecule has 2 aromatic carbocycles. The van der Waals surface area contributed by atoms with Gasteiger partial charge in [0.05, 0.1) is 11.0 Å². The van der Waals surface area contributed by atoms with Gasteiger partial charge >= 0.3 is 0 Å². The van der Waals surface area contributed by atoms with E-state index in [0.29, 0.717) is 13.0 Å². The molecule has 0 spiro atoms. The molecule has 0 bridgehead atoms. The van der Waals surface area contributed by atoms with Gasteiger partial charge in [-0.3, -0.25) is 19.7 Å². The quantitative estimate of drug-likeness (QED) is 0.624. The second-order valence-corrected chi connectivity index (χ2v) is 6.30. The van der Waals surface area contributed by atoms with Crippen LogP contribution in [0.1, 0.15) is 34.8 Å². The molecule has 0 unspecified atom stereocenters. The van der Waals surface area contributed by atoms with E-state index in [0.717, 1.165) is 30.2 Å². The van der Waals surface area contributed by atoms with Crippen LogP contribution in [0, 0.1) is 15.9 Å². The molecular weight excluding hydrogens is 353 g/mol. The van der Waals surface area contributed by atoms with Crippen molar-refractivity contribution in [3.63, 3.8) is 0 Å². The highest BCUT2D eigenvalue weighted by Crippen LogP contribution is 2.23. The third kappa shape index (κ3) is 4.28. The van der Waals surface area contributed by atoms with E-state index in [1.807, 2.05) is 6.07 Å². The summed E-state index contributed by atoms with van der Waals surface area (Å²) in [6.07, 6.45) is 1.22. The maximum atomic E-state index is 13.6. The predicted molar refractivity (Wildman–Crippen MR) is 95.5 cm³/mol. The molecule has 0 aromatic heterocycles. The normalized spacial score (nSPS) is 14.9. The van der Waals surface area contributed by atoms with Crippen LogP contribution in [0.4, 0.5) is 10.1 Å². The van der Waals surface area contributed by atoms with Crippen molar-refractivity contribution in [3.05, 3.63) is 75.6 Å². The number of likely N-dealkylation sites (tertiary alicyclic amines) is 1. The van der Waals surface area contributed by atoms with Crippen LogP contribution in [-0.4, -0.2) is 34.7 Å². The number of nitrogens with one attached hydrogen (secondary N) is 1. The van der Waals surface area contributed by atoms with Crippen molar-refractivity contribution >= 4 is 17.5 Å². The molecule has 1 saturated heterocycles. The molecule has 8 heteroatoms. The van der Waals surface area contributed by atoms with Crippen LogP contribution < -0.4 is 5.32 Å². The zero-order valence-corrected chi connectivity index (χ0v) is 14.4. The SMILES string of the molecule is O=C(N[C@H](CN1CCCC1=O)c1ccccc1)c1cc(F)ccc1[N+](=O)[O-]. The van der Waals surface area contributed by atoms with Gasteiger partial charge in [0, 0.05) is 25.6 Å². The topological polar surface area (TPSA) is 92.6 Å². The summed E-state index contributed by atoms with van der Waals surface area (Å²) < 4.78 is 13.6. The molecule has 1 N–H and O–H groups in total.